The van der Waals surface area contributed by atoms with Crippen LogP contribution in [0, 0.1) is 34.1 Å². The predicted octanol–water partition coefficient (Wildman–Crippen LogP) is 8.45. The van der Waals surface area contributed by atoms with Crippen molar-refractivity contribution >= 4 is 38.3 Å². The van der Waals surface area contributed by atoms with Gasteiger partial charge in [0.2, 0.25) is 0 Å². The van der Waals surface area contributed by atoms with Gasteiger partial charge in [0.25, 0.3) is 5.70 Å². The minimum Gasteiger partial charge on any atom is -0.469 e. The zero-order valence-electron chi connectivity index (χ0n) is 38.3. The van der Waals surface area contributed by atoms with Crippen LogP contribution in [0.1, 0.15) is 105 Å². The lowest BCUT2D eigenvalue weighted by Crippen LogP contribution is -2.43. The number of aliphatic hydroxyl groups excluding tert-OH is 1. The number of nitriles is 1. The fraction of sp³-hybridized carbons (Fsp3) is 0.469. The van der Waals surface area contributed by atoms with Gasteiger partial charge in [-0.15, -0.1) is 0 Å². The van der Waals surface area contributed by atoms with E-state index in [1.165, 1.54) is 28.4 Å². The Balaban J connectivity index is 1.67. The van der Waals surface area contributed by atoms with E-state index in [0.29, 0.717) is 52.3 Å². The van der Waals surface area contributed by atoms with E-state index in [1.807, 2.05) is 61.5 Å². The van der Waals surface area contributed by atoms with Crippen LogP contribution in [-0.2, 0) is 53.2 Å². The van der Waals surface area contributed by atoms with Crippen LogP contribution in [-0.4, -0.2) is 86.0 Å². The third-order valence-electron chi connectivity index (χ3n) is 12.2. The van der Waals surface area contributed by atoms with Crippen LogP contribution in [0.15, 0.2) is 72.4 Å². The number of ether oxygens (including phenoxy) is 4. The molecule has 15 heteroatoms. The minimum absolute atomic E-state index is 0.0371. The fourth-order valence-corrected chi connectivity index (χ4v) is 10.2. The quantitative estimate of drug-likeness (QED) is 0.0187. The third-order valence-corrected chi connectivity index (χ3v) is 15.0. The molecule has 1 aliphatic rings. The van der Waals surface area contributed by atoms with E-state index < -0.39 is 54.8 Å². The SMILES string of the molecule is [C-]#[N+]C(C#N)=C1c2ccccc2-c2c(C(=O)OCc3ccc(C(CC(C)(C)C(=O)OCCO)CC(C)(CC(C)(CC)C(=O)OC)C(=O)OCCC[Si](OC)(OC)OC)cc3)cccc21. The van der Waals surface area contributed by atoms with Crippen molar-refractivity contribution in [1.82, 2.24) is 0 Å². The Morgan fingerprint density at radius 3 is 1.98 bits per heavy atom. The van der Waals surface area contributed by atoms with Crippen molar-refractivity contribution in [3.05, 3.63) is 112 Å². The Kier molecular flexibility index (Phi) is 17.7. The number of esters is 4. The first-order valence-corrected chi connectivity index (χ1v) is 23.1. The van der Waals surface area contributed by atoms with Crippen LogP contribution in [0.25, 0.3) is 21.5 Å². The maximum absolute atomic E-state index is 14.4. The number of carbonyl (C=O) groups excluding carboxylic acids is 4. The van der Waals surface area contributed by atoms with Crippen molar-refractivity contribution in [2.75, 3.05) is 48.3 Å². The van der Waals surface area contributed by atoms with Gasteiger partial charge in [-0.05, 0) is 99.6 Å². The number of hydrogen-bond acceptors (Lipinski definition) is 13. The molecule has 0 radical (unpaired) electrons. The molecule has 3 aromatic rings. The maximum atomic E-state index is 14.4. The van der Waals surface area contributed by atoms with Gasteiger partial charge in [0.05, 0.1) is 54.8 Å². The van der Waals surface area contributed by atoms with E-state index in [1.54, 1.807) is 45.9 Å². The Morgan fingerprint density at radius 1 is 0.781 bits per heavy atom. The molecule has 0 heterocycles. The normalized spacial score (nSPS) is 15.2. The summed E-state index contributed by atoms with van der Waals surface area (Å²) in [6, 6.07) is 22.2. The molecule has 342 valence electrons. The molecule has 0 spiro atoms. The molecule has 4 rings (SSSR count). The topological polar surface area (TPSA) is 181 Å². The molecule has 14 nitrogen and oxygen atoms in total. The van der Waals surface area contributed by atoms with Gasteiger partial charge in [-0.25, -0.2) is 14.9 Å². The molecular formula is C49H60N2O12Si. The lowest BCUT2D eigenvalue weighted by atomic mass is 9.65. The van der Waals surface area contributed by atoms with Crippen molar-refractivity contribution in [1.29, 1.82) is 5.26 Å². The largest absolute Gasteiger partial charge is 0.500 e. The van der Waals surface area contributed by atoms with E-state index in [0.717, 1.165) is 11.1 Å². The molecule has 0 aromatic heterocycles. The molecular weight excluding hydrogens is 837 g/mol. The third kappa shape index (κ3) is 11.5. The molecule has 0 saturated heterocycles. The number of hydrogen-bond donors (Lipinski definition) is 1. The molecule has 0 bridgehead atoms. The van der Waals surface area contributed by atoms with Crippen molar-refractivity contribution in [3.8, 4) is 17.2 Å². The maximum Gasteiger partial charge on any atom is 0.500 e. The highest BCUT2D eigenvalue weighted by Crippen LogP contribution is 2.49. The van der Waals surface area contributed by atoms with Crippen LogP contribution in [0.3, 0.4) is 0 Å². The number of rotatable bonds is 23. The molecule has 1 aliphatic carbocycles. The van der Waals surface area contributed by atoms with Gasteiger partial charge >= 0.3 is 32.7 Å². The number of fused-ring (bicyclic) bond motifs is 3. The van der Waals surface area contributed by atoms with Gasteiger partial charge in [0.15, 0.2) is 0 Å². The Bertz CT molecular complexity index is 2250. The van der Waals surface area contributed by atoms with Crippen molar-refractivity contribution < 1.29 is 56.5 Å². The van der Waals surface area contributed by atoms with Crippen LogP contribution in [0.4, 0.5) is 0 Å². The van der Waals surface area contributed by atoms with Gasteiger partial charge in [-0.1, -0.05) is 67.6 Å². The summed E-state index contributed by atoms with van der Waals surface area (Å²) in [6.07, 6.45) is 1.23. The highest BCUT2D eigenvalue weighted by Gasteiger charge is 2.48. The average Bonchev–Trinajstić information content (AvgIpc) is 3.64. The molecule has 64 heavy (non-hydrogen) atoms. The smallest absolute Gasteiger partial charge is 0.469 e. The highest BCUT2D eigenvalue weighted by atomic mass is 28.4. The van der Waals surface area contributed by atoms with Gasteiger partial charge in [-0.2, -0.15) is 0 Å². The average molecular weight is 897 g/mol. The molecule has 0 amide bonds. The summed E-state index contributed by atoms with van der Waals surface area (Å²) in [5.74, 6) is -2.57. The van der Waals surface area contributed by atoms with Crippen LogP contribution < -0.4 is 0 Å². The summed E-state index contributed by atoms with van der Waals surface area (Å²) in [6.45, 7) is 15.9. The zero-order chi connectivity index (χ0) is 47.3. The van der Waals surface area contributed by atoms with Crippen molar-refractivity contribution in [3.63, 3.8) is 0 Å². The molecule has 3 aromatic carbocycles. The Hall–Kier alpha value is -5.68. The van der Waals surface area contributed by atoms with Crippen molar-refractivity contribution in [2.45, 2.75) is 85.3 Å². The number of methoxy groups -OCH3 is 1. The number of allylic oxidation sites excluding steroid dienone is 1. The fourth-order valence-electron chi connectivity index (χ4n) is 8.54. The second-order valence-electron chi connectivity index (χ2n) is 17.1. The number of nitrogens with zero attached hydrogens (tertiary/aromatic N) is 2. The molecule has 0 fully saturated rings. The predicted molar refractivity (Wildman–Crippen MR) is 240 cm³/mol. The summed E-state index contributed by atoms with van der Waals surface area (Å²) in [5, 5.41) is 19.1. The zero-order valence-corrected chi connectivity index (χ0v) is 39.3. The van der Waals surface area contributed by atoms with Gasteiger partial charge in [0, 0.05) is 38.5 Å². The van der Waals surface area contributed by atoms with Crippen LogP contribution >= 0.6 is 0 Å². The molecule has 1 N–H and O–H groups in total. The van der Waals surface area contributed by atoms with Gasteiger partial charge in [0.1, 0.15) is 13.2 Å². The highest BCUT2D eigenvalue weighted by molar-refractivity contribution is 6.60. The Morgan fingerprint density at radius 2 is 1.41 bits per heavy atom. The lowest BCUT2D eigenvalue weighted by Gasteiger charge is -2.39. The standard InChI is InChI=1S/C49H60N2O12Si/c1-11-48(4,45(55)57-7)32-49(5,46(56)61-25-15-27-64(58-8,59-9)60-10)29-35(28-47(2,3)44(54)62-26-24-52)34-22-20-33(21-23-34)31-63-43(53)39-19-14-18-38-41(39)36-16-12-13-17-37(36)42(38)40(30-50)51-6/h12-14,16-23,35,52H,11,15,24-29,31-32H2,1-5,7-10H3. The van der Waals surface area contributed by atoms with E-state index in [-0.39, 0.29) is 51.4 Å². The van der Waals surface area contributed by atoms with E-state index in [2.05, 4.69) is 4.85 Å². The van der Waals surface area contributed by atoms with Gasteiger partial charge in [-0.3, -0.25) is 14.4 Å². The first-order chi connectivity index (χ1) is 30.5. The molecule has 0 saturated carbocycles. The summed E-state index contributed by atoms with van der Waals surface area (Å²) in [7, 11) is 2.91. The number of benzene rings is 3. The van der Waals surface area contributed by atoms with Crippen LogP contribution in [0.5, 0.6) is 0 Å². The number of aliphatic hydroxyl groups is 1. The first kappa shape index (κ1) is 51.0. The second kappa shape index (κ2) is 22.3. The number of carbonyl (C=O) groups is 4. The second-order valence-corrected chi connectivity index (χ2v) is 20.2. The van der Waals surface area contributed by atoms with Gasteiger partial charge < -0.3 is 37.3 Å². The van der Waals surface area contributed by atoms with E-state index in [4.69, 9.17) is 38.8 Å². The minimum atomic E-state index is -2.94. The summed E-state index contributed by atoms with van der Waals surface area (Å²) >= 11 is 0. The van der Waals surface area contributed by atoms with E-state index >= 15 is 0 Å². The molecule has 3 unspecified atom stereocenters. The van der Waals surface area contributed by atoms with E-state index in [9.17, 15) is 29.5 Å². The summed E-state index contributed by atoms with van der Waals surface area (Å²) in [4.78, 5) is 58.3. The lowest BCUT2D eigenvalue weighted by molar-refractivity contribution is -0.163. The summed E-state index contributed by atoms with van der Waals surface area (Å²) in [5.41, 5.74) is 1.36. The first-order valence-electron chi connectivity index (χ1n) is 21.2. The Labute approximate surface area is 377 Å². The van der Waals surface area contributed by atoms with Crippen molar-refractivity contribution in [2.24, 2.45) is 16.2 Å². The molecule has 0 aliphatic heterocycles. The summed E-state index contributed by atoms with van der Waals surface area (Å²) < 4.78 is 39.0. The van der Waals surface area contributed by atoms with Crippen LogP contribution in [0.2, 0.25) is 6.04 Å². The molecule has 3 atom stereocenters. The monoisotopic (exact) mass is 896 g/mol.